The van der Waals surface area contributed by atoms with E-state index in [0.29, 0.717) is 34.9 Å². The van der Waals surface area contributed by atoms with E-state index in [9.17, 15) is 8.42 Å². The molecule has 0 atom stereocenters. The summed E-state index contributed by atoms with van der Waals surface area (Å²) in [6.45, 7) is 1.45. The summed E-state index contributed by atoms with van der Waals surface area (Å²) in [6.07, 6.45) is 0. The van der Waals surface area contributed by atoms with Crippen LogP contribution in [0, 0.1) is 0 Å². The van der Waals surface area contributed by atoms with Gasteiger partial charge in [0.05, 0.1) is 15.7 Å². The Balaban J connectivity index is 1.55. The molecule has 24 heavy (non-hydrogen) atoms. The highest BCUT2D eigenvalue weighted by molar-refractivity contribution is 7.90. The van der Waals surface area contributed by atoms with Gasteiger partial charge in [-0.05, 0) is 29.8 Å². The minimum atomic E-state index is -3.55. The third kappa shape index (κ3) is 4.12. The highest BCUT2D eigenvalue weighted by Crippen LogP contribution is 2.25. The van der Waals surface area contributed by atoms with Crippen molar-refractivity contribution in [1.82, 2.24) is 15.0 Å². The number of hydrogen-bond acceptors (Lipinski definition) is 5. The Morgan fingerprint density at radius 3 is 2.79 bits per heavy atom. The Labute approximate surface area is 149 Å². The molecule has 0 aliphatic rings. The zero-order valence-corrected chi connectivity index (χ0v) is 15.1. The van der Waals surface area contributed by atoms with E-state index < -0.39 is 10.0 Å². The van der Waals surface area contributed by atoms with Gasteiger partial charge >= 0.3 is 0 Å². The molecule has 1 heterocycles. The van der Waals surface area contributed by atoms with Gasteiger partial charge in [0.25, 0.3) is 0 Å². The Morgan fingerprint density at radius 2 is 1.96 bits per heavy atom. The minimum Gasteiger partial charge on any atom is -0.311 e. The number of aromatic nitrogens is 1. The van der Waals surface area contributed by atoms with Crippen LogP contribution < -0.4 is 10.0 Å². The fourth-order valence-corrected chi connectivity index (χ4v) is 4.82. The number of benzene rings is 2. The summed E-state index contributed by atoms with van der Waals surface area (Å²) in [7, 11) is -3.55. The molecular formula is C16H16ClN3O2S2. The third-order valence-corrected chi connectivity index (χ3v) is 6.17. The van der Waals surface area contributed by atoms with Crippen LogP contribution in [-0.2, 0) is 16.6 Å². The van der Waals surface area contributed by atoms with Gasteiger partial charge in [-0.1, -0.05) is 29.8 Å². The zero-order chi connectivity index (χ0) is 17.0. The molecule has 2 N–H and O–H groups in total. The van der Waals surface area contributed by atoms with E-state index in [-0.39, 0.29) is 4.90 Å². The standard InChI is InChI=1S/C16H16ClN3O2S2/c17-13-4-1-3-12(9-13)10-18-7-8-20-24(21,22)15-6-2-5-14-16(15)23-11-19-14/h1-6,9,11,18,20H,7-8,10H2. The molecule has 0 saturated carbocycles. The molecule has 0 saturated heterocycles. The maximum absolute atomic E-state index is 12.4. The van der Waals surface area contributed by atoms with Crippen molar-refractivity contribution in [3.63, 3.8) is 0 Å². The van der Waals surface area contributed by atoms with Gasteiger partial charge in [-0.2, -0.15) is 0 Å². The first-order valence-corrected chi connectivity index (χ1v) is 10.1. The number of nitrogens with zero attached hydrogens (tertiary/aromatic N) is 1. The van der Waals surface area contributed by atoms with Crippen molar-refractivity contribution < 1.29 is 8.42 Å². The highest BCUT2D eigenvalue weighted by atomic mass is 35.5. The number of halogens is 1. The summed E-state index contributed by atoms with van der Waals surface area (Å²) in [5, 5.41) is 3.88. The van der Waals surface area contributed by atoms with Crippen LogP contribution >= 0.6 is 22.9 Å². The second kappa shape index (κ2) is 7.58. The molecule has 0 amide bonds. The molecule has 0 aliphatic carbocycles. The molecule has 0 spiro atoms. The van der Waals surface area contributed by atoms with Crippen molar-refractivity contribution in [2.24, 2.45) is 0 Å². The van der Waals surface area contributed by atoms with Gasteiger partial charge in [0, 0.05) is 24.7 Å². The molecule has 0 radical (unpaired) electrons. The molecular weight excluding hydrogens is 366 g/mol. The molecule has 126 valence electrons. The lowest BCUT2D eigenvalue weighted by Gasteiger charge is -2.09. The normalized spacial score (nSPS) is 11.9. The first-order valence-electron chi connectivity index (χ1n) is 7.33. The van der Waals surface area contributed by atoms with E-state index >= 15 is 0 Å². The van der Waals surface area contributed by atoms with Crippen LogP contribution in [0.2, 0.25) is 5.02 Å². The van der Waals surface area contributed by atoms with Crippen LogP contribution in [0.4, 0.5) is 0 Å². The summed E-state index contributed by atoms with van der Waals surface area (Å²) in [6, 6.07) is 12.7. The van der Waals surface area contributed by atoms with E-state index in [2.05, 4.69) is 15.0 Å². The Morgan fingerprint density at radius 1 is 1.12 bits per heavy atom. The zero-order valence-electron chi connectivity index (χ0n) is 12.7. The molecule has 3 aromatic rings. The Bertz CT molecular complexity index is 941. The first kappa shape index (κ1) is 17.3. The summed E-state index contributed by atoms with van der Waals surface area (Å²) in [4.78, 5) is 4.42. The molecule has 2 aromatic carbocycles. The lowest BCUT2D eigenvalue weighted by atomic mass is 10.2. The molecule has 0 bridgehead atoms. The van der Waals surface area contributed by atoms with E-state index in [1.165, 1.54) is 11.3 Å². The predicted octanol–water partition coefficient (Wildman–Crippen LogP) is 3.02. The topological polar surface area (TPSA) is 71.1 Å². The van der Waals surface area contributed by atoms with E-state index in [0.717, 1.165) is 5.56 Å². The van der Waals surface area contributed by atoms with Crippen LogP contribution in [0.1, 0.15) is 5.56 Å². The summed E-state index contributed by atoms with van der Waals surface area (Å²) in [5.74, 6) is 0. The number of sulfonamides is 1. The molecule has 8 heteroatoms. The number of fused-ring (bicyclic) bond motifs is 1. The summed E-state index contributed by atoms with van der Waals surface area (Å²) < 4.78 is 28.2. The van der Waals surface area contributed by atoms with Gasteiger partial charge < -0.3 is 5.32 Å². The van der Waals surface area contributed by atoms with E-state index in [1.54, 1.807) is 23.7 Å². The van der Waals surface area contributed by atoms with Gasteiger partial charge in [0.1, 0.15) is 4.90 Å². The molecule has 0 aliphatic heterocycles. The fraction of sp³-hybridized carbons (Fsp3) is 0.188. The number of rotatable bonds is 7. The number of hydrogen-bond donors (Lipinski definition) is 2. The largest absolute Gasteiger partial charge is 0.311 e. The van der Waals surface area contributed by atoms with E-state index in [4.69, 9.17) is 11.6 Å². The molecule has 1 aromatic heterocycles. The van der Waals surface area contributed by atoms with Crippen LogP contribution in [0.15, 0.2) is 52.9 Å². The Kier molecular flexibility index (Phi) is 5.47. The maximum Gasteiger partial charge on any atom is 0.242 e. The van der Waals surface area contributed by atoms with Crippen LogP contribution in [0.5, 0.6) is 0 Å². The fourth-order valence-electron chi connectivity index (χ4n) is 2.30. The van der Waals surface area contributed by atoms with Crippen molar-refractivity contribution in [2.75, 3.05) is 13.1 Å². The average molecular weight is 382 g/mol. The van der Waals surface area contributed by atoms with Crippen molar-refractivity contribution in [3.05, 3.63) is 58.6 Å². The van der Waals surface area contributed by atoms with Crippen LogP contribution in [-0.4, -0.2) is 26.5 Å². The van der Waals surface area contributed by atoms with Gasteiger partial charge in [-0.3, -0.25) is 0 Å². The van der Waals surface area contributed by atoms with Crippen LogP contribution in [0.3, 0.4) is 0 Å². The molecule has 0 unspecified atom stereocenters. The summed E-state index contributed by atoms with van der Waals surface area (Å²) in [5.41, 5.74) is 3.40. The van der Waals surface area contributed by atoms with Crippen molar-refractivity contribution in [3.8, 4) is 0 Å². The minimum absolute atomic E-state index is 0.275. The van der Waals surface area contributed by atoms with Gasteiger partial charge in [0.15, 0.2) is 0 Å². The number of nitrogens with one attached hydrogen (secondary N) is 2. The van der Waals surface area contributed by atoms with Gasteiger partial charge in [0.2, 0.25) is 10.0 Å². The molecule has 0 fully saturated rings. The Hall–Kier alpha value is -1.51. The van der Waals surface area contributed by atoms with Gasteiger partial charge in [-0.25, -0.2) is 18.1 Å². The van der Waals surface area contributed by atoms with E-state index in [1.807, 2.05) is 24.3 Å². The second-order valence-electron chi connectivity index (χ2n) is 5.16. The average Bonchev–Trinajstić information content (AvgIpc) is 3.03. The molecule has 5 nitrogen and oxygen atoms in total. The van der Waals surface area contributed by atoms with Gasteiger partial charge in [-0.15, -0.1) is 11.3 Å². The lowest BCUT2D eigenvalue weighted by Crippen LogP contribution is -2.31. The monoisotopic (exact) mass is 381 g/mol. The smallest absolute Gasteiger partial charge is 0.242 e. The maximum atomic E-state index is 12.4. The molecule has 3 rings (SSSR count). The van der Waals surface area contributed by atoms with Crippen molar-refractivity contribution in [1.29, 1.82) is 0 Å². The number of thiazole rings is 1. The quantitative estimate of drug-likeness (QED) is 0.617. The van der Waals surface area contributed by atoms with Crippen molar-refractivity contribution in [2.45, 2.75) is 11.4 Å². The third-order valence-electron chi connectivity index (χ3n) is 3.42. The highest BCUT2D eigenvalue weighted by Gasteiger charge is 2.17. The lowest BCUT2D eigenvalue weighted by molar-refractivity contribution is 0.577. The predicted molar refractivity (Wildman–Crippen MR) is 98.0 cm³/mol. The SMILES string of the molecule is O=S(=O)(NCCNCc1cccc(Cl)c1)c1cccc2ncsc12. The second-order valence-corrected chi connectivity index (χ2v) is 8.19. The van der Waals surface area contributed by atoms with Crippen LogP contribution in [0.25, 0.3) is 10.2 Å². The summed E-state index contributed by atoms with van der Waals surface area (Å²) >= 11 is 7.25. The van der Waals surface area contributed by atoms with Crippen molar-refractivity contribution >= 4 is 43.2 Å². The first-order chi connectivity index (χ1) is 11.6.